The van der Waals surface area contributed by atoms with Gasteiger partial charge in [-0.3, -0.25) is 0 Å². The van der Waals surface area contributed by atoms with Crippen molar-refractivity contribution >= 4 is 0 Å². The van der Waals surface area contributed by atoms with Crippen LogP contribution in [-0.4, -0.2) is 38.2 Å². The SMILES string of the molecule is C=CCOc1ccccc1CNCCN(C)CC. The number of benzene rings is 1. The lowest BCUT2D eigenvalue weighted by Gasteiger charge is -2.15. The third-order valence-corrected chi connectivity index (χ3v) is 2.85. The van der Waals surface area contributed by atoms with Crippen molar-refractivity contribution < 1.29 is 4.74 Å². The number of para-hydroxylation sites is 1. The van der Waals surface area contributed by atoms with Gasteiger partial charge in [0.1, 0.15) is 12.4 Å². The summed E-state index contributed by atoms with van der Waals surface area (Å²) in [6, 6.07) is 8.12. The molecule has 0 spiro atoms. The van der Waals surface area contributed by atoms with Crippen LogP contribution in [0.2, 0.25) is 0 Å². The Hall–Kier alpha value is -1.32. The molecule has 0 unspecified atom stereocenters. The van der Waals surface area contributed by atoms with Gasteiger partial charge in [-0.1, -0.05) is 37.8 Å². The Kier molecular flexibility index (Phi) is 7.14. The van der Waals surface area contributed by atoms with E-state index in [4.69, 9.17) is 4.74 Å². The number of ether oxygens (including phenoxy) is 1. The van der Waals surface area contributed by atoms with E-state index in [0.29, 0.717) is 6.61 Å². The third kappa shape index (κ3) is 5.34. The highest BCUT2D eigenvalue weighted by molar-refractivity contribution is 5.33. The normalized spacial score (nSPS) is 10.6. The molecule has 0 bridgehead atoms. The van der Waals surface area contributed by atoms with E-state index in [2.05, 4.69) is 36.8 Å². The average molecular weight is 248 g/mol. The minimum Gasteiger partial charge on any atom is -0.489 e. The fraction of sp³-hybridized carbons (Fsp3) is 0.467. The zero-order valence-electron chi connectivity index (χ0n) is 11.5. The van der Waals surface area contributed by atoms with Crippen LogP contribution >= 0.6 is 0 Å². The van der Waals surface area contributed by atoms with Crippen LogP contribution in [0, 0.1) is 0 Å². The first-order valence-corrected chi connectivity index (χ1v) is 6.48. The van der Waals surface area contributed by atoms with Gasteiger partial charge in [-0.25, -0.2) is 0 Å². The molecule has 0 heterocycles. The molecule has 3 nitrogen and oxygen atoms in total. The second-order valence-electron chi connectivity index (χ2n) is 4.28. The van der Waals surface area contributed by atoms with E-state index >= 15 is 0 Å². The van der Waals surface area contributed by atoms with Gasteiger partial charge in [0.15, 0.2) is 0 Å². The summed E-state index contributed by atoms with van der Waals surface area (Å²) in [6.45, 7) is 10.3. The summed E-state index contributed by atoms with van der Waals surface area (Å²) >= 11 is 0. The molecular weight excluding hydrogens is 224 g/mol. The van der Waals surface area contributed by atoms with Crippen molar-refractivity contribution in [1.82, 2.24) is 10.2 Å². The lowest BCUT2D eigenvalue weighted by molar-refractivity contribution is 0.344. The highest BCUT2D eigenvalue weighted by atomic mass is 16.5. The maximum atomic E-state index is 5.62. The fourth-order valence-corrected chi connectivity index (χ4v) is 1.59. The van der Waals surface area contributed by atoms with Gasteiger partial charge in [0, 0.05) is 25.2 Å². The topological polar surface area (TPSA) is 24.5 Å². The number of nitrogens with zero attached hydrogens (tertiary/aromatic N) is 1. The van der Waals surface area contributed by atoms with Crippen molar-refractivity contribution in [2.75, 3.05) is 33.3 Å². The largest absolute Gasteiger partial charge is 0.489 e. The van der Waals surface area contributed by atoms with Gasteiger partial charge < -0.3 is 15.0 Å². The Morgan fingerprint density at radius 3 is 2.89 bits per heavy atom. The highest BCUT2D eigenvalue weighted by Crippen LogP contribution is 2.17. The predicted octanol–water partition coefficient (Wildman–Crippen LogP) is 2.29. The molecule has 0 amide bonds. The highest BCUT2D eigenvalue weighted by Gasteiger charge is 2.01. The molecule has 0 atom stereocenters. The van der Waals surface area contributed by atoms with Gasteiger partial charge in [0.2, 0.25) is 0 Å². The summed E-state index contributed by atoms with van der Waals surface area (Å²) in [5.74, 6) is 0.939. The van der Waals surface area contributed by atoms with Crippen molar-refractivity contribution in [2.24, 2.45) is 0 Å². The van der Waals surface area contributed by atoms with E-state index in [1.807, 2.05) is 18.2 Å². The first kappa shape index (κ1) is 14.7. The maximum absolute atomic E-state index is 5.62. The van der Waals surface area contributed by atoms with Gasteiger partial charge in [0.25, 0.3) is 0 Å². The summed E-state index contributed by atoms with van der Waals surface area (Å²) in [5, 5.41) is 3.44. The predicted molar refractivity (Wildman–Crippen MR) is 77.0 cm³/mol. The lowest BCUT2D eigenvalue weighted by atomic mass is 10.2. The van der Waals surface area contributed by atoms with E-state index in [-0.39, 0.29) is 0 Å². The smallest absolute Gasteiger partial charge is 0.124 e. The number of likely N-dealkylation sites (N-methyl/N-ethyl adjacent to an activating group) is 1. The molecule has 0 aliphatic carbocycles. The van der Waals surface area contributed by atoms with E-state index in [0.717, 1.165) is 31.9 Å². The van der Waals surface area contributed by atoms with E-state index in [9.17, 15) is 0 Å². The number of rotatable bonds is 9. The first-order valence-electron chi connectivity index (χ1n) is 6.48. The van der Waals surface area contributed by atoms with Crippen molar-refractivity contribution in [1.29, 1.82) is 0 Å². The Balaban J connectivity index is 2.38. The summed E-state index contributed by atoms with van der Waals surface area (Å²) < 4.78 is 5.62. The Bertz CT molecular complexity index is 352. The quantitative estimate of drug-likeness (QED) is 0.536. The van der Waals surface area contributed by atoms with Crippen LogP contribution < -0.4 is 10.1 Å². The second kappa shape index (κ2) is 8.72. The van der Waals surface area contributed by atoms with Crippen molar-refractivity contribution in [3.05, 3.63) is 42.5 Å². The minimum atomic E-state index is 0.551. The number of nitrogens with one attached hydrogen (secondary N) is 1. The maximum Gasteiger partial charge on any atom is 0.124 e. The molecule has 0 aromatic heterocycles. The molecule has 0 aliphatic rings. The van der Waals surface area contributed by atoms with Gasteiger partial charge in [-0.2, -0.15) is 0 Å². The van der Waals surface area contributed by atoms with Crippen molar-refractivity contribution in [3.8, 4) is 5.75 Å². The van der Waals surface area contributed by atoms with Crippen LogP contribution in [0.3, 0.4) is 0 Å². The van der Waals surface area contributed by atoms with E-state index < -0.39 is 0 Å². The standard InChI is InChI=1S/C15H24N2O/c1-4-12-18-15-9-7-6-8-14(15)13-16-10-11-17(3)5-2/h4,6-9,16H,1,5,10-13H2,2-3H3. The molecule has 18 heavy (non-hydrogen) atoms. The van der Waals surface area contributed by atoms with E-state index in [1.165, 1.54) is 5.56 Å². The second-order valence-corrected chi connectivity index (χ2v) is 4.28. The van der Waals surface area contributed by atoms with Crippen molar-refractivity contribution in [3.63, 3.8) is 0 Å². The van der Waals surface area contributed by atoms with Crippen LogP contribution in [0.25, 0.3) is 0 Å². The van der Waals surface area contributed by atoms with Crippen LogP contribution in [0.15, 0.2) is 36.9 Å². The van der Waals surface area contributed by atoms with Crippen LogP contribution in [0.4, 0.5) is 0 Å². The molecule has 1 aromatic rings. The Morgan fingerprint density at radius 1 is 1.39 bits per heavy atom. The van der Waals surface area contributed by atoms with Crippen molar-refractivity contribution in [2.45, 2.75) is 13.5 Å². The minimum absolute atomic E-state index is 0.551. The summed E-state index contributed by atoms with van der Waals surface area (Å²) in [6.07, 6.45) is 1.76. The molecule has 1 rings (SSSR count). The molecule has 1 N–H and O–H groups in total. The zero-order chi connectivity index (χ0) is 13.2. The molecular formula is C15H24N2O. The zero-order valence-corrected chi connectivity index (χ0v) is 11.5. The van der Waals surface area contributed by atoms with Gasteiger partial charge in [-0.05, 0) is 19.7 Å². The summed E-state index contributed by atoms with van der Waals surface area (Å²) in [7, 11) is 2.13. The van der Waals surface area contributed by atoms with Gasteiger partial charge in [0.05, 0.1) is 0 Å². The van der Waals surface area contributed by atoms with Crippen LogP contribution in [-0.2, 0) is 6.54 Å². The van der Waals surface area contributed by atoms with Gasteiger partial charge in [-0.15, -0.1) is 0 Å². The molecule has 100 valence electrons. The summed E-state index contributed by atoms with van der Waals surface area (Å²) in [5.41, 5.74) is 1.19. The molecule has 0 radical (unpaired) electrons. The monoisotopic (exact) mass is 248 g/mol. The number of hydrogen-bond acceptors (Lipinski definition) is 3. The molecule has 0 saturated heterocycles. The van der Waals surface area contributed by atoms with Crippen LogP contribution in [0.1, 0.15) is 12.5 Å². The van der Waals surface area contributed by atoms with E-state index in [1.54, 1.807) is 6.08 Å². The Morgan fingerprint density at radius 2 is 2.17 bits per heavy atom. The van der Waals surface area contributed by atoms with Gasteiger partial charge >= 0.3 is 0 Å². The first-order chi connectivity index (χ1) is 8.77. The number of hydrogen-bond donors (Lipinski definition) is 1. The molecule has 0 fully saturated rings. The third-order valence-electron chi connectivity index (χ3n) is 2.85. The summed E-state index contributed by atoms with van der Waals surface area (Å²) in [4.78, 5) is 2.28. The fourth-order valence-electron chi connectivity index (χ4n) is 1.59. The molecule has 0 aliphatic heterocycles. The molecule has 1 aromatic carbocycles. The molecule has 3 heteroatoms. The van der Waals surface area contributed by atoms with Crippen LogP contribution in [0.5, 0.6) is 5.75 Å². The average Bonchev–Trinajstić information content (AvgIpc) is 2.42. The lowest BCUT2D eigenvalue weighted by Crippen LogP contribution is -2.28. The Labute approximate surface area is 110 Å². The molecule has 0 saturated carbocycles.